The lowest BCUT2D eigenvalue weighted by Gasteiger charge is -2.37. The molecule has 2 aliphatic rings. The fourth-order valence-electron chi connectivity index (χ4n) is 3.33. The van der Waals surface area contributed by atoms with Gasteiger partial charge >= 0.3 is 0 Å². The van der Waals surface area contributed by atoms with Crippen LogP contribution in [0.25, 0.3) is 0 Å². The fraction of sp³-hybridized carbons (Fsp3) is 0.571. The van der Waals surface area contributed by atoms with Crippen molar-refractivity contribution in [3.8, 4) is 0 Å². The highest BCUT2D eigenvalue weighted by atomic mass is 35.5. The van der Waals surface area contributed by atoms with Gasteiger partial charge in [0.2, 0.25) is 0 Å². The van der Waals surface area contributed by atoms with E-state index in [9.17, 15) is 0 Å². The number of piperidine rings is 1. The number of benzene rings is 1. The molecule has 2 aliphatic heterocycles. The third-order valence-corrected chi connectivity index (χ3v) is 5.43. The summed E-state index contributed by atoms with van der Waals surface area (Å²) in [7, 11) is 0. The normalized spacial score (nSPS) is 31.8. The van der Waals surface area contributed by atoms with Crippen molar-refractivity contribution in [2.45, 2.75) is 49.7 Å². The highest BCUT2D eigenvalue weighted by Crippen LogP contribution is 2.39. The zero-order chi connectivity index (χ0) is 12.7. The maximum atomic E-state index is 6.30. The Morgan fingerprint density at radius 2 is 1.78 bits per heavy atom. The maximum absolute atomic E-state index is 6.30. The monoisotopic (exact) mass is 303 g/mol. The molecule has 2 atom stereocenters. The minimum absolute atomic E-state index is 0.355. The van der Waals surface area contributed by atoms with Crippen molar-refractivity contribution in [2.24, 2.45) is 0 Å². The van der Waals surface area contributed by atoms with Crippen molar-refractivity contribution < 1.29 is 0 Å². The van der Waals surface area contributed by atoms with Crippen LogP contribution in [0.3, 0.4) is 0 Å². The van der Waals surface area contributed by atoms with E-state index >= 15 is 0 Å². The standard InChI is InChI=1S/C14H16Cl3N/c15-10-6-11-4-5-12(7-10)18(11)8-9-2-1-3-13(16)14(9)17/h1-3,10-12H,4-8H2. The van der Waals surface area contributed by atoms with Gasteiger partial charge in [-0.1, -0.05) is 35.3 Å². The van der Waals surface area contributed by atoms with E-state index in [1.807, 2.05) is 12.1 Å². The lowest BCUT2D eigenvalue weighted by atomic mass is 10.0. The summed E-state index contributed by atoms with van der Waals surface area (Å²) in [6.45, 7) is 0.901. The predicted molar refractivity (Wildman–Crippen MR) is 77.7 cm³/mol. The topological polar surface area (TPSA) is 3.24 Å². The minimum Gasteiger partial charge on any atom is -0.293 e. The Morgan fingerprint density at radius 3 is 2.44 bits per heavy atom. The molecule has 0 aliphatic carbocycles. The van der Waals surface area contributed by atoms with Crippen LogP contribution in [-0.2, 0) is 6.54 Å². The highest BCUT2D eigenvalue weighted by molar-refractivity contribution is 6.42. The molecule has 4 heteroatoms. The molecule has 0 amide bonds. The average molecular weight is 305 g/mol. The summed E-state index contributed by atoms with van der Waals surface area (Å²) in [5, 5.41) is 1.70. The van der Waals surface area contributed by atoms with Gasteiger partial charge in [-0.3, -0.25) is 4.90 Å². The molecule has 0 radical (unpaired) electrons. The second-order valence-corrected chi connectivity index (χ2v) is 6.74. The first-order valence-corrected chi connectivity index (χ1v) is 7.67. The highest BCUT2D eigenvalue weighted by Gasteiger charge is 2.40. The maximum Gasteiger partial charge on any atom is 0.0637 e. The summed E-state index contributed by atoms with van der Waals surface area (Å²) in [5.41, 5.74) is 1.13. The van der Waals surface area contributed by atoms with E-state index in [2.05, 4.69) is 11.0 Å². The molecule has 98 valence electrons. The first-order chi connectivity index (χ1) is 8.65. The van der Waals surface area contributed by atoms with Gasteiger partial charge in [0.15, 0.2) is 0 Å². The molecule has 2 saturated heterocycles. The number of nitrogens with zero attached hydrogens (tertiary/aromatic N) is 1. The van der Waals surface area contributed by atoms with E-state index in [0.29, 0.717) is 27.5 Å². The molecule has 0 aromatic heterocycles. The van der Waals surface area contributed by atoms with Gasteiger partial charge in [0, 0.05) is 24.0 Å². The molecule has 0 spiro atoms. The molecule has 1 aromatic carbocycles. The van der Waals surface area contributed by atoms with Crippen LogP contribution in [0.15, 0.2) is 18.2 Å². The van der Waals surface area contributed by atoms with Crippen LogP contribution < -0.4 is 0 Å². The average Bonchev–Trinajstić information content (AvgIpc) is 2.58. The molecule has 18 heavy (non-hydrogen) atoms. The number of halogens is 3. The molecule has 2 unspecified atom stereocenters. The number of hydrogen-bond acceptors (Lipinski definition) is 1. The predicted octanol–water partition coefficient (Wildman–Crippen LogP) is 4.73. The Hall–Kier alpha value is 0.0500. The molecule has 2 bridgehead atoms. The largest absolute Gasteiger partial charge is 0.293 e. The van der Waals surface area contributed by atoms with Crippen LogP contribution in [0.1, 0.15) is 31.2 Å². The summed E-state index contributed by atoms with van der Waals surface area (Å²) in [5.74, 6) is 0. The molecule has 1 aromatic rings. The van der Waals surface area contributed by atoms with Crippen LogP contribution in [0, 0.1) is 0 Å². The zero-order valence-corrected chi connectivity index (χ0v) is 12.3. The zero-order valence-electron chi connectivity index (χ0n) is 10.1. The number of fused-ring (bicyclic) bond motifs is 2. The van der Waals surface area contributed by atoms with Gasteiger partial charge in [-0.15, -0.1) is 11.6 Å². The summed E-state index contributed by atoms with van der Waals surface area (Å²) >= 11 is 18.6. The van der Waals surface area contributed by atoms with Gasteiger partial charge in [0.25, 0.3) is 0 Å². The third kappa shape index (κ3) is 2.38. The van der Waals surface area contributed by atoms with Crippen molar-refractivity contribution in [1.29, 1.82) is 0 Å². The Kier molecular flexibility index (Phi) is 3.77. The summed E-state index contributed by atoms with van der Waals surface area (Å²) < 4.78 is 0. The van der Waals surface area contributed by atoms with Crippen LogP contribution in [0.4, 0.5) is 0 Å². The second kappa shape index (κ2) is 5.20. The molecule has 1 nitrogen and oxygen atoms in total. The van der Waals surface area contributed by atoms with Crippen molar-refractivity contribution in [3.05, 3.63) is 33.8 Å². The first-order valence-electron chi connectivity index (χ1n) is 6.48. The number of hydrogen-bond donors (Lipinski definition) is 0. The summed E-state index contributed by atoms with van der Waals surface area (Å²) in [6.07, 6.45) is 4.75. The van der Waals surface area contributed by atoms with E-state index in [1.165, 1.54) is 12.8 Å². The lowest BCUT2D eigenvalue weighted by molar-refractivity contribution is 0.134. The Balaban J connectivity index is 1.79. The van der Waals surface area contributed by atoms with Crippen LogP contribution >= 0.6 is 34.8 Å². The van der Waals surface area contributed by atoms with Gasteiger partial charge in [-0.25, -0.2) is 0 Å². The molecular weight excluding hydrogens is 289 g/mol. The summed E-state index contributed by atoms with van der Waals surface area (Å²) in [6, 6.07) is 7.13. The number of alkyl halides is 1. The van der Waals surface area contributed by atoms with E-state index in [4.69, 9.17) is 34.8 Å². The van der Waals surface area contributed by atoms with Crippen molar-refractivity contribution in [3.63, 3.8) is 0 Å². The van der Waals surface area contributed by atoms with E-state index in [0.717, 1.165) is 24.9 Å². The van der Waals surface area contributed by atoms with Crippen molar-refractivity contribution in [2.75, 3.05) is 0 Å². The Morgan fingerprint density at radius 1 is 1.11 bits per heavy atom. The molecule has 2 fully saturated rings. The molecular formula is C14H16Cl3N. The SMILES string of the molecule is Clc1cccc(CN2C3CCC2CC(Cl)C3)c1Cl. The third-order valence-electron chi connectivity index (χ3n) is 4.21. The smallest absolute Gasteiger partial charge is 0.0637 e. The van der Waals surface area contributed by atoms with Gasteiger partial charge in [-0.2, -0.15) is 0 Å². The van der Waals surface area contributed by atoms with Crippen molar-refractivity contribution in [1.82, 2.24) is 4.90 Å². The van der Waals surface area contributed by atoms with Gasteiger partial charge < -0.3 is 0 Å². The van der Waals surface area contributed by atoms with E-state index in [-0.39, 0.29) is 0 Å². The second-order valence-electron chi connectivity index (χ2n) is 5.34. The van der Waals surface area contributed by atoms with E-state index < -0.39 is 0 Å². The van der Waals surface area contributed by atoms with Crippen LogP contribution in [0.5, 0.6) is 0 Å². The van der Waals surface area contributed by atoms with Crippen molar-refractivity contribution >= 4 is 34.8 Å². The Labute approximate surface area is 123 Å². The number of rotatable bonds is 2. The Bertz CT molecular complexity index is 435. The van der Waals surface area contributed by atoms with Gasteiger partial charge in [0.05, 0.1) is 10.0 Å². The fourth-order valence-corrected chi connectivity index (χ4v) is 4.12. The first kappa shape index (κ1) is 13.1. The summed E-state index contributed by atoms with van der Waals surface area (Å²) in [4.78, 5) is 2.57. The molecule has 0 N–H and O–H groups in total. The van der Waals surface area contributed by atoms with Crippen LogP contribution in [-0.4, -0.2) is 22.4 Å². The molecule has 2 heterocycles. The molecule has 0 saturated carbocycles. The molecule has 3 rings (SSSR count). The van der Waals surface area contributed by atoms with Gasteiger partial charge in [0.1, 0.15) is 0 Å². The lowest BCUT2D eigenvalue weighted by Crippen LogP contribution is -2.42. The minimum atomic E-state index is 0.355. The van der Waals surface area contributed by atoms with Gasteiger partial charge in [-0.05, 0) is 37.3 Å². The van der Waals surface area contributed by atoms with E-state index in [1.54, 1.807) is 0 Å². The van der Waals surface area contributed by atoms with Crippen LogP contribution in [0.2, 0.25) is 10.0 Å². The quantitative estimate of drug-likeness (QED) is 0.714.